The molecule has 2 unspecified atom stereocenters. The Labute approximate surface area is 126 Å². The molecule has 0 rings (SSSR count). The van der Waals surface area contributed by atoms with Crippen LogP contribution in [0.15, 0.2) is 0 Å². The Balaban J connectivity index is 4.15. The summed E-state index contributed by atoms with van der Waals surface area (Å²) < 4.78 is 0. The van der Waals surface area contributed by atoms with E-state index in [1.807, 2.05) is 12.1 Å². The number of rotatable bonds is 10. The van der Waals surface area contributed by atoms with E-state index in [1.54, 1.807) is 0 Å². The van der Waals surface area contributed by atoms with E-state index in [0.717, 1.165) is 0 Å². The van der Waals surface area contributed by atoms with Gasteiger partial charge in [0.15, 0.2) is 0 Å². The fraction of sp³-hybridized carbons (Fsp3) is 0.688. The van der Waals surface area contributed by atoms with Crippen LogP contribution < -0.4 is 0 Å². The molecule has 0 spiro atoms. The lowest BCUT2D eigenvalue weighted by molar-refractivity contribution is 0.426. The lowest BCUT2D eigenvalue weighted by Crippen LogP contribution is -2.06. The molecule has 0 aliphatic heterocycles. The first kappa shape index (κ1) is 18.4. The van der Waals surface area contributed by atoms with Gasteiger partial charge in [0.25, 0.3) is 0 Å². The van der Waals surface area contributed by atoms with Crippen molar-refractivity contribution in [3.05, 3.63) is 0 Å². The molecule has 0 fully saturated rings. The van der Waals surface area contributed by atoms with Crippen LogP contribution in [0.4, 0.5) is 0 Å². The average molecular weight is 281 g/mol. The monoisotopic (exact) mass is 281 g/mol. The van der Waals surface area contributed by atoms with Gasteiger partial charge < -0.3 is 0 Å². The van der Waals surface area contributed by atoms with Gasteiger partial charge in [0.05, 0.1) is 30.3 Å². The van der Waals surface area contributed by atoms with Crippen molar-refractivity contribution >= 4 is 0 Å². The molecule has 108 valence electrons. The molecule has 5 nitrogen and oxygen atoms in total. The number of hydrogen-bond donors (Lipinski definition) is 0. The van der Waals surface area contributed by atoms with Gasteiger partial charge >= 0.3 is 0 Å². The summed E-state index contributed by atoms with van der Waals surface area (Å²) >= 11 is 0. The molecule has 0 N–H and O–H groups in total. The molecule has 0 aliphatic carbocycles. The Kier molecular flexibility index (Phi) is 11.0. The molecule has 0 aliphatic rings. The predicted octanol–water partition coefficient (Wildman–Crippen LogP) is 3.57. The summed E-state index contributed by atoms with van der Waals surface area (Å²) in [6.07, 6.45) is 4.30. The maximum atomic E-state index is 9.13. The van der Waals surface area contributed by atoms with Crippen LogP contribution in [0.2, 0.25) is 0 Å². The maximum absolute atomic E-state index is 9.13. The van der Waals surface area contributed by atoms with Crippen molar-refractivity contribution in [1.82, 2.24) is 0 Å². The van der Waals surface area contributed by atoms with E-state index in [1.165, 1.54) is 0 Å². The first-order chi connectivity index (χ1) is 10.2. The molecule has 0 saturated heterocycles. The first-order valence-electron chi connectivity index (χ1n) is 7.14. The van der Waals surface area contributed by atoms with E-state index in [4.69, 9.17) is 26.3 Å². The highest BCUT2D eigenvalue weighted by atomic mass is 14.3. The van der Waals surface area contributed by atoms with E-state index in [0.29, 0.717) is 51.4 Å². The van der Waals surface area contributed by atoms with Gasteiger partial charge in [-0.05, 0) is 38.5 Å². The molecule has 2 atom stereocenters. The fourth-order valence-electron chi connectivity index (χ4n) is 2.10. The second-order valence-electron chi connectivity index (χ2n) is 5.03. The minimum Gasteiger partial charge on any atom is -0.198 e. The van der Waals surface area contributed by atoms with E-state index in [-0.39, 0.29) is 17.8 Å². The van der Waals surface area contributed by atoms with Gasteiger partial charge in [-0.15, -0.1) is 0 Å². The molecule has 0 aromatic heterocycles. The standard InChI is InChI=1S/C16H19N5/c17-9-1-3-14(11-19)5-7-16(13-21)8-6-15(12-20)4-2-10-18/h14-16H,1-8H2. The van der Waals surface area contributed by atoms with Gasteiger partial charge in [0.2, 0.25) is 0 Å². The van der Waals surface area contributed by atoms with E-state index in [2.05, 4.69) is 18.2 Å². The maximum Gasteiger partial charge on any atom is 0.0656 e. The van der Waals surface area contributed by atoms with Crippen LogP contribution in [0.5, 0.6) is 0 Å². The quantitative estimate of drug-likeness (QED) is 0.606. The molecular formula is C16H19N5. The lowest BCUT2D eigenvalue weighted by atomic mass is 9.89. The SMILES string of the molecule is N#CCCC(C#N)CCC(C#N)CCC(C#N)CCC#N. The van der Waals surface area contributed by atoms with Gasteiger partial charge in [-0.25, -0.2) is 0 Å². The molecule has 0 heterocycles. The molecule has 5 heteroatoms. The van der Waals surface area contributed by atoms with Crippen LogP contribution >= 0.6 is 0 Å². The topological polar surface area (TPSA) is 119 Å². The van der Waals surface area contributed by atoms with E-state index in [9.17, 15) is 0 Å². The van der Waals surface area contributed by atoms with Gasteiger partial charge in [-0.3, -0.25) is 0 Å². The highest BCUT2D eigenvalue weighted by molar-refractivity contribution is 4.91. The van der Waals surface area contributed by atoms with Gasteiger partial charge in [-0.2, -0.15) is 26.3 Å². The van der Waals surface area contributed by atoms with Crippen molar-refractivity contribution in [2.75, 3.05) is 0 Å². The van der Waals surface area contributed by atoms with Crippen LogP contribution in [-0.2, 0) is 0 Å². The van der Waals surface area contributed by atoms with Crippen LogP contribution in [0, 0.1) is 74.4 Å². The number of nitrogens with zero attached hydrogens (tertiary/aromatic N) is 5. The predicted molar refractivity (Wildman–Crippen MR) is 75.5 cm³/mol. The minimum absolute atomic E-state index is 0.166. The third-order valence-electron chi connectivity index (χ3n) is 3.48. The molecular weight excluding hydrogens is 262 g/mol. The number of nitriles is 5. The Bertz CT molecular complexity index is 451. The van der Waals surface area contributed by atoms with E-state index < -0.39 is 0 Å². The lowest BCUT2D eigenvalue weighted by Gasteiger charge is -2.13. The number of hydrogen-bond acceptors (Lipinski definition) is 5. The van der Waals surface area contributed by atoms with Gasteiger partial charge in [-0.1, -0.05) is 0 Å². The van der Waals surface area contributed by atoms with Crippen molar-refractivity contribution < 1.29 is 0 Å². The molecule has 0 aromatic carbocycles. The van der Waals surface area contributed by atoms with E-state index >= 15 is 0 Å². The Morgan fingerprint density at radius 3 is 1.00 bits per heavy atom. The highest BCUT2D eigenvalue weighted by Crippen LogP contribution is 2.22. The summed E-state index contributed by atoms with van der Waals surface area (Å²) in [6.45, 7) is 0. The third-order valence-corrected chi connectivity index (χ3v) is 3.48. The van der Waals surface area contributed by atoms with Crippen LogP contribution in [0.1, 0.15) is 51.4 Å². The summed E-state index contributed by atoms with van der Waals surface area (Å²) in [4.78, 5) is 0. The van der Waals surface area contributed by atoms with Crippen molar-refractivity contribution in [2.45, 2.75) is 51.4 Å². The van der Waals surface area contributed by atoms with Gasteiger partial charge in [0, 0.05) is 30.6 Å². The average Bonchev–Trinajstić information content (AvgIpc) is 2.52. The molecule has 0 saturated carbocycles. The molecule has 0 radical (unpaired) electrons. The van der Waals surface area contributed by atoms with Crippen LogP contribution in [-0.4, -0.2) is 0 Å². The second kappa shape index (κ2) is 12.5. The molecule has 0 bridgehead atoms. The normalized spacial score (nSPS) is 13.5. The Morgan fingerprint density at radius 1 is 0.476 bits per heavy atom. The molecule has 0 aromatic rings. The smallest absolute Gasteiger partial charge is 0.0656 e. The van der Waals surface area contributed by atoms with Crippen molar-refractivity contribution in [1.29, 1.82) is 26.3 Å². The minimum atomic E-state index is -0.175. The van der Waals surface area contributed by atoms with Crippen molar-refractivity contribution in [2.24, 2.45) is 17.8 Å². The highest BCUT2D eigenvalue weighted by Gasteiger charge is 2.15. The van der Waals surface area contributed by atoms with Crippen LogP contribution in [0.25, 0.3) is 0 Å². The molecule has 0 amide bonds. The summed E-state index contributed by atoms with van der Waals surface area (Å²) in [5.74, 6) is -0.516. The van der Waals surface area contributed by atoms with Gasteiger partial charge in [0.1, 0.15) is 0 Å². The second-order valence-corrected chi connectivity index (χ2v) is 5.03. The zero-order valence-electron chi connectivity index (χ0n) is 12.1. The Hall–Kier alpha value is -2.55. The van der Waals surface area contributed by atoms with Crippen LogP contribution in [0.3, 0.4) is 0 Å². The largest absolute Gasteiger partial charge is 0.198 e. The summed E-state index contributed by atoms with van der Waals surface area (Å²) in [6, 6.07) is 10.6. The summed E-state index contributed by atoms with van der Waals surface area (Å²) in [5.41, 5.74) is 0. The Morgan fingerprint density at radius 2 is 0.762 bits per heavy atom. The summed E-state index contributed by atoms with van der Waals surface area (Å²) in [5, 5.41) is 44.1. The molecule has 21 heavy (non-hydrogen) atoms. The summed E-state index contributed by atoms with van der Waals surface area (Å²) in [7, 11) is 0. The first-order valence-corrected chi connectivity index (χ1v) is 7.14. The zero-order chi connectivity index (χ0) is 15.9. The fourth-order valence-corrected chi connectivity index (χ4v) is 2.10. The van der Waals surface area contributed by atoms with Crippen molar-refractivity contribution in [3.8, 4) is 30.3 Å². The van der Waals surface area contributed by atoms with Crippen molar-refractivity contribution in [3.63, 3.8) is 0 Å². The zero-order valence-corrected chi connectivity index (χ0v) is 12.1. The third kappa shape index (κ3) is 9.05.